The summed E-state index contributed by atoms with van der Waals surface area (Å²) in [7, 11) is 0. The fourth-order valence-electron chi connectivity index (χ4n) is 2.00. The first-order chi connectivity index (χ1) is 10.5. The Kier molecular flexibility index (Phi) is 5.04. The smallest absolute Gasteiger partial charge is 0.258 e. The standard InChI is InChI=1S/C16H22N4O2/c1-11(20(21)22)10-17-13(3)18-12(2)15-6-4-5-7-16(15)19-14-8-9-14/h4-7,10,13-14,17-19H,2,8-9H2,1,3H3/b11-10+. The molecule has 1 unspecified atom stereocenters. The van der Waals surface area contributed by atoms with Gasteiger partial charge in [-0.1, -0.05) is 24.8 Å². The minimum atomic E-state index is -0.427. The van der Waals surface area contributed by atoms with Gasteiger partial charge in [0.1, 0.15) is 0 Å². The zero-order valence-corrected chi connectivity index (χ0v) is 12.9. The number of anilines is 1. The molecular formula is C16H22N4O2. The van der Waals surface area contributed by atoms with E-state index in [2.05, 4.69) is 22.5 Å². The van der Waals surface area contributed by atoms with Crippen LogP contribution in [0.3, 0.4) is 0 Å². The summed E-state index contributed by atoms with van der Waals surface area (Å²) in [5.41, 5.74) is 2.91. The number of benzene rings is 1. The van der Waals surface area contributed by atoms with Gasteiger partial charge in [0.15, 0.2) is 0 Å². The van der Waals surface area contributed by atoms with Gasteiger partial charge in [-0.05, 0) is 25.8 Å². The van der Waals surface area contributed by atoms with E-state index in [1.807, 2.05) is 31.2 Å². The summed E-state index contributed by atoms with van der Waals surface area (Å²) in [5.74, 6) is 0. The second-order valence-electron chi connectivity index (χ2n) is 5.52. The lowest BCUT2D eigenvalue weighted by Gasteiger charge is -2.20. The van der Waals surface area contributed by atoms with Crippen LogP contribution in [-0.2, 0) is 0 Å². The molecule has 3 N–H and O–H groups in total. The zero-order valence-electron chi connectivity index (χ0n) is 12.9. The second-order valence-corrected chi connectivity index (χ2v) is 5.52. The van der Waals surface area contributed by atoms with Crippen molar-refractivity contribution in [3.05, 3.63) is 58.4 Å². The first kappa shape index (κ1) is 15.9. The maximum Gasteiger partial charge on any atom is 0.258 e. The number of nitrogens with one attached hydrogen (secondary N) is 3. The van der Waals surface area contributed by atoms with Gasteiger partial charge in [-0.15, -0.1) is 0 Å². The lowest BCUT2D eigenvalue weighted by molar-refractivity contribution is -0.424. The molecule has 1 aromatic carbocycles. The summed E-state index contributed by atoms with van der Waals surface area (Å²) in [5, 5.41) is 20.2. The van der Waals surface area contributed by atoms with Gasteiger partial charge in [-0.2, -0.15) is 0 Å². The van der Waals surface area contributed by atoms with E-state index >= 15 is 0 Å². The van der Waals surface area contributed by atoms with Gasteiger partial charge in [0.05, 0.1) is 17.3 Å². The lowest BCUT2D eigenvalue weighted by atomic mass is 10.1. The Morgan fingerprint density at radius 3 is 2.77 bits per heavy atom. The van der Waals surface area contributed by atoms with Gasteiger partial charge >= 0.3 is 0 Å². The molecule has 0 spiro atoms. The fraction of sp³-hybridized carbons (Fsp3) is 0.375. The molecule has 0 saturated heterocycles. The Morgan fingerprint density at radius 1 is 1.45 bits per heavy atom. The van der Waals surface area contributed by atoms with Crippen LogP contribution in [0.15, 0.2) is 42.7 Å². The predicted octanol–water partition coefficient (Wildman–Crippen LogP) is 2.89. The zero-order chi connectivity index (χ0) is 16.1. The van der Waals surface area contributed by atoms with Crippen molar-refractivity contribution in [3.63, 3.8) is 0 Å². The Hall–Kier alpha value is -2.50. The van der Waals surface area contributed by atoms with E-state index in [0.717, 1.165) is 16.9 Å². The molecular weight excluding hydrogens is 280 g/mol. The van der Waals surface area contributed by atoms with Crippen molar-refractivity contribution in [2.45, 2.75) is 38.9 Å². The fourth-order valence-corrected chi connectivity index (χ4v) is 2.00. The third kappa shape index (κ3) is 4.51. The van der Waals surface area contributed by atoms with Gasteiger partial charge in [-0.3, -0.25) is 10.1 Å². The largest absolute Gasteiger partial charge is 0.382 e. The summed E-state index contributed by atoms with van der Waals surface area (Å²) in [4.78, 5) is 10.1. The summed E-state index contributed by atoms with van der Waals surface area (Å²) >= 11 is 0. The molecule has 6 heteroatoms. The second kappa shape index (κ2) is 6.98. The molecule has 1 atom stereocenters. The van der Waals surface area contributed by atoms with E-state index in [1.54, 1.807) is 0 Å². The summed E-state index contributed by atoms with van der Waals surface area (Å²) < 4.78 is 0. The van der Waals surface area contributed by atoms with Gasteiger partial charge in [0.2, 0.25) is 0 Å². The molecule has 1 aliphatic rings. The number of para-hydroxylation sites is 1. The Labute approximate surface area is 130 Å². The molecule has 0 bridgehead atoms. The highest BCUT2D eigenvalue weighted by atomic mass is 16.6. The number of nitro groups is 1. The topological polar surface area (TPSA) is 79.2 Å². The molecule has 118 valence electrons. The van der Waals surface area contributed by atoms with E-state index in [0.29, 0.717) is 6.04 Å². The van der Waals surface area contributed by atoms with E-state index in [-0.39, 0.29) is 11.9 Å². The Morgan fingerprint density at radius 2 is 2.14 bits per heavy atom. The quantitative estimate of drug-likeness (QED) is 0.391. The molecule has 6 nitrogen and oxygen atoms in total. The van der Waals surface area contributed by atoms with Crippen molar-refractivity contribution in [3.8, 4) is 0 Å². The monoisotopic (exact) mass is 302 g/mol. The van der Waals surface area contributed by atoms with Crippen LogP contribution in [0.2, 0.25) is 0 Å². The first-order valence-electron chi connectivity index (χ1n) is 7.36. The first-order valence-corrected chi connectivity index (χ1v) is 7.36. The van der Waals surface area contributed by atoms with Crippen LogP contribution in [0, 0.1) is 10.1 Å². The molecule has 0 heterocycles. The van der Waals surface area contributed by atoms with E-state index in [4.69, 9.17) is 0 Å². The third-order valence-corrected chi connectivity index (χ3v) is 3.41. The Bertz CT molecular complexity index is 594. The van der Waals surface area contributed by atoms with E-state index < -0.39 is 4.92 Å². The van der Waals surface area contributed by atoms with Crippen LogP contribution in [0.25, 0.3) is 5.70 Å². The molecule has 1 fully saturated rings. The van der Waals surface area contributed by atoms with Crippen LogP contribution in [0.1, 0.15) is 32.3 Å². The minimum absolute atomic E-state index is 0.0649. The van der Waals surface area contributed by atoms with Crippen LogP contribution < -0.4 is 16.0 Å². The number of nitrogens with zero attached hydrogens (tertiary/aromatic N) is 1. The molecule has 2 rings (SSSR count). The summed E-state index contributed by atoms with van der Waals surface area (Å²) in [6.45, 7) is 7.40. The lowest BCUT2D eigenvalue weighted by Crippen LogP contribution is -2.35. The SMILES string of the molecule is C=C(NC(C)N/C=C(\C)[N+](=O)[O-])c1ccccc1NC1CC1. The number of hydrogen-bond donors (Lipinski definition) is 3. The van der Waals surface area contributed by atoms with Crippen LogP contribution in [0.4, 0.5) is 5.69 Å². The van der Waals surface area contributed by atoms with Gasteiger partial charge < -0.3 is 16.0 Å². The molecule has 1 saturated carbocycles. The molecule has 0 aliphatic heterocycles. The number of rotatable bonds is 8. The van der Waals surface area contributed by atoms with Crippen molar-refractivity contribution in [1.82, 2.24) is 10.6 Å². The van der Waals surface area contributed by atoms with Gasteiger partial charge in [0.25, 0.3) is 5.70 Å². The number of allylic oxidation sites excluding steroid dienone is 1. The van der Waals surface area contributed by atoms with Crippen LogP contribution in [0.5, 0.6) is 0 Å². The molecule has 0 amide bonds. The van der Waals surface area contributed by atoms with E-state index in [1.165, 1.54) is 26.0 Å². The van der Waals surface area contributed by atoms with Crippen LogP contribution >= 0.6 is 0 Å². The minimum Gasteiger partial charge on any atom is -0.382 e. The van der Waals surface area contributed by atoms with Crippen molar-refractivity contribution in [2.75, 3.05) is 5.32 Å². The summed E-state index contributed by atoms with van der Waals surface area (Å²) in [6, 6.07) is 8.57. The molecule has 1 aliphatic carbocycles. The normalized spacial score (nSPS) is 15.8. The molecule has 0 aromatic heterocycles. The highest BCUT2D eigenvalue weighted by Crippen LogP contribution is 2.28. The van der Waals surface area contributed by atoms with Crippen molar-refractivity contribution >= 4 is 11.4 Å². The maximum atomic E-state index is 10.6. The summed E-state index contributed by atoms with van der Waals surface area (Å²) in [6.07, 6.45) is 3.63. The molecule has 22 heavy (non-hydrogen) atoms. The maximum absolute atomic E-state index is 10.6. The molecule has 0 radical (unpaired) electrons. The highest BCUT2D eigenvalue weighted by molar-refractivity contribution is 5.74. The average Bonchev–Trinajstić information content (AvgIpc) is 3.29. The Balaban J connectivity index is 1.96. The van der Waals surface area contributed by atoms with Crippen molar-refractivity contribution in [1.29, 1.82) is 0 Å². The molecule has 1 aromatic rings. The predicted molar refractivity (Wildman–Crippen MR) is 88.6 cm³/mol. The van der Waals surface area contributed by atoms with Crippen molar-refractivity contribution in [2.24, 2.45) is 0 Å². The third-order valence-electron chi connectivity index (χ3n) is 3.41. The van der Waals surface area contributed by atoms with Gasteiger partial charge in [-0.25, -0.2) is 0 Å². The average molecular weight is 302 g/mol. The van der Waals surface area contributed by atoms with Crippen molar-refractivity contribution < 1.29 is 4.92 Å². The number of hydrogen-bond acceptors (Lipinski definition) is 5. The van der Waals surface area contributed by atoms with Gasteiger partial charge in [0, 0.05) is 29.9 Å². The van der Waals surface area contributed by atoms with E-state index in [9.17, 15) is 10.1 Å². The highest BCUT2D eigenvalue weighted by Gasteiger charge is 2.22. The van der Waals surface area contributed by atoms with Crippen LogP contribution in [-0.4, -0.2) is 17.1 Å².